The SMILES string of the molecule is CC(=O)NCC(=O)OC(OC(=O)NC[C@@]1(c2ccccc2Cl)CCCCC1=O)C(C)C. The molecule has 1 aromatic rings. The van der Waals surface area contributed by atoms with Crippen molar-refractivity contribution < 1.29 is 28.7 Å². The number of Topliss-reactive ketones (excluding diaryl/α,β-unsaturated/α-hetero) is 1. The molecule has 0 spiro atoms. The van der Waals surface area contributed by atoms with Crippen molar-refractivity contribution in [1.82, 2.24) is 10.6 Å². The fourth-order valence-electron chi connectivity index (χ4n) is 3.54. The van der Waals surface area contributed by atoms with Crippen LogP contribution in [-0.2, 0) is 29.3 Å². The Hall–Kier alpha value is -2.61. The van der Waals surface area contributed by atoms with Gasteiger partial charge in [0, 0.05) is 30.8 Å². The Morgan fingerprint density at radius 3 is 2.45 bits per heavy atom. The number of halogens is 1. The molecule has 2 amide bonds. The van der Waals surface area contributed by atoms with Gasteiger partial charge in [-0.15, -0.1) is 0 Å². The van der Waals surface area contributed by atoms with Gasteiger partial charge in [0.1, 0.15) is 12.3 Å². The summed E-state index contributed by atoms with van der Waals surface area (Å²) in [5, 5.41) is 5.45. The molecule has 0 aromatic heterocycles. The molecule has 0 aliphatic heterocycles. The molecule has 0 heterocycles. The average Bonchev–Trinajstić information content (AvgIpc) is 2.72. The van der Waals surface area contributed by atoms with Gasteiger partial charge in [-0.05, 0) is 24.5 Å². The zero-order valence-electron chi connectivity index (χ0n) is 18.0. The normalized spacial score (nSPS) is 19.5. The summed E-state index contributed by atoms with van der Waals surface area (Å²) in [4.78, 5) is 48.2. The predicted molar refractivity (Wildman–Crippen MR) is 114 cm³/mol. The summed E-state index contributed by atoms with van der Waals surface area (Å²) in [5.74, 6) is -1.40. The highest BCUT2D eigenvalue weighted by Crippen LogP contribution is 2.39. The standard InChI is InChI=1S/C22H29ClN2O6/c1-14(2)20(30-19(28)12-24-15(3)26)31-21(29)25-13-22(11-7-6-10-18(22)27)16-8-4-5-9-17(16)23/h4-5,8-9,14,20H,6-7,10-13H2,1-3H3,(H,24,26)(H,25,29)/t20?,22-/m1/s1. The lowest BCUT2D eigenvalue weighted by Crippen LogP contribution is -2.49. The van der Waals surface area contributed by atoms with Gasteiger partial charge < -0.3 is 20.1 Å². The third-order valence-electron chi connectivity index (χ3n) is 5.21. The Bertz CT molecular complexity index is 828. The maximum absolute atomic E-state index is 12.9. The summed E-state index contributed by atoms with van der Waals surface area (Å²) >= 11 is 6.38. The first-order valence-electron chi connectivity index (χ1n) is 10.3. The van der Waals surface area contributed by atoms with Gasteiger partial charge in [0.25, 0.3) is 6.29 Å². The Kier molecular flexibility index (Phi) is 8.86. The number of ether oxygens (including phenoxy) is 2. The van der Waals surface area contributed by atoms with Crippen molar-refractivity contribution in [3.63, 3.8) is 0 Å². The number of carbonyl (C=O) groups is 4. The summed E-state index contributed by atoms with van der Waals surface area (Å²) in [7, 11) is 0. The van der Waals surface area contributed by atoms with Crippen molar-refractivity contribution in [2.75, 3.05) is 13.1 Å². The van der Waals surface area contributed by atoms with Crippen molar-refractivity contribution in [2.24, 2.45) is 5.92 Å². The molecule has 1 saturated carbocycles. The molecule has 0 saturated heterocycles. The minimum Gasteiger partial charge on any atom is -0.423 e. The van der Waals surface area contributed by atoms with Crippen LogP contribution in [0.15, 0.2) is 24.3 Å². The Balaban J connectivity index is 2.06. The molecule has 1 unspecified atom stereocenters. The monoisotopic (exact) mass is 452 g/mol. The lowest BCUT2D eigenvalue weighted by Gasteiger charge is -2.37. The molecule has 1 fully saturated rings. The molecule has 1 aromatic carbocycles. The second kappa shape index (κ2) is 11.1. The van der Waals surface area contributed by atoms with E-state index >= 15 is 0 Å². The number of benzene rings is 1. The Morgan fingerprint density at radius 2 is 1.84 bits per heavy atom. The van der Waals surface area contributed by atoms with Gasteiger partial charge in [0.05, 0.1) is 5.41 Å². The van der Waals surface area contributed by atoms with Crippen LogP contribution in [0.2, 0.25) is 5.02 Å². The molecule has 0 radical (unpaired) electrons. The van der Waals surface area contributed by atoms with E-state index in [1.807, 2.05) is 6.07 Å². The molecule has 1 aliphatic rings. The van der Waals surface area contributed by atoms with Crippen molar-refractivity contribution in [3.8, 4) is 0 Å². The van der Waals surface area contributed by atoms with E-state index < -0.39 is 23.8 Å². The van der Waals surface area contributed by atoms with Gasteiger partial charge in [0.15, 0.2) is 0 Å². The third kappa shape index (κ3) is 6.69. The van der Waals surface area contributed by atoms with Gasteiger partial charge in [-0.2, -0.15) is 0 Å². The number of ketones is 1. The molecule has 0 bridgehead atoms. The topological polar surface area (TPSA) is 111 Å². The number of hydrogen-bond acceptors (Lipinski definition) is 6. The summed E-state index contributed by atoms with van der Waals surface area (Å²) in [6.07, 6.45) is 0.667. The van der Waals surface area contributed by atoms with Crippen LogP contribution in [0.25, 0.3) is 0 Å². The van der Waals surface area contributed by atoms with E-state index in [4.69, 9.17) is 21.1 Å². The molecule has 1 aliphatic carbocycles. The van der Waals surface area contributed by atoms with Crippen LogP contribution in [0, 0.1) is 5.92 Å². The fraction of sp³-hybridized carbons (Fsp3) is 0.545. The molecule has 2 atom stereocenters. The van der Waals surface area contributed by atoms with Crippen LogP contribution in [0.5, 0.6) is 0 Å². The number of alkyl carbamates (subject to hydrolysis) is 1. The Labute approximate surface area is 187 Å². The highest BCUT2D eigenvalue weighted by molar-refractivity contribution is 6.31. The first kappa shape index (κ1) is 24.7. The molecule has 8 nitrogen and oxygen atoms in total. The Morgan fingerprint density at radius 1 is 1.13 bits per heavy atom. The van der Waals surface area contributed by atoms with E-state index in [1.165, 1.54) is 6.92 Å². The van der Waals surface area contributed by atoms with Crippen LogP contribution in [0.1, 0.15) is 52.0 Å². The molecule has 31 heavy (non-hydrogen) atoms. The number of nitrogens with one attached hydrogen (secondary N) is 2. The van der Waals surface area contributed by atoms with Crippen molar-refractivity contribution in [2.45, 2.75) is 58.2 Å². The maximum atomic E-state index is 12.9. The van der Waals surface area contributed by atoms with Crippen LogP contribution in [0.3, 0.4) is 0 Å². The van der Waals surface area contributed by atoms with E-state index in [2.05, 4.69) is 10.6 Å². The number of hydrogen-bond donors (Lipinski definition) is 2. The van der Waals surface area contributed by atoms with E-state index in [1.54, 1.807) is 32.0 Å². The second-order valence-electron chi connectivity index (χ2n) is 7.96. The number of rotatable bonds is 8. The van der Waals surface area contributed by atoms with Crippen molar-refractivity contribution >= 4 is 35.4 Å². The molecular formula is C22H29ClN2O6. The zero-order chi connectivity index (χ0) is 23.0. The van der Waals surface area contributed by atoms with Crippen LogP contribution in [-0.4, -0.2) is 43.1 Å². The van der Waals surface area contributed by atoms with Crippen molar-refractivity contribution in [1.29, 1.82) is 0 Å². The summed E-state index contributed by atoms with van der Waals surface area (Å²) in [5.41, 5.74) is -0.241. The van der Waals surface area contributed by atoms with Gasteiger partial charge in [0.2, 0.25) is 5.91 Å². The third-order valence-corrected chi connectivity index (χ3v) is 5.54. The molecule has 9 heteroatoms. The summed E-state index contributed by atoms with van der Waals surface area (Å²) < 4.78 is 10.4. The van der Waals surface area contributed by atoms with Crippen LogP contribution < -0.4 is 10.6 Å². The highest BCUT2D eigenvalue weighted by atomic mass is 35.5. The molecule has 2 rings (SSSR count). The van der Waals surface area contributed by atoms with E-state index in [0.717, 1.165) is 12.8 Å². The fourth-order valence-corrected chi connectivity index (χ4v) is 3.86. The average molecular weight is 453 g/mol. The van der Waals surface area contributed by atoms with E-state index in [9.17, 15) is 19.2 Å². The zero-order valence-corrected chi connectivity index (χ0v) is 18.8. The van der Waals surface area contributed by atoms with Crippen LogP contribution >= 0.6 is 11.6 Å². The number of carbonyl (C=O) groups excluding carboxylic acids is 4. The number of esters is 1. The number of amides is 2. The first-order valence-corrected chi connectivity index (χ1v) is 10.7. The van der Waals surface area contributed by atoms with Gasteiger partial charge in [-0.1, -0.05) is 50.1 Å². The maximum Gasteiger partial charge on any atom is 0.410 e. The van der Waals surface area contributed by atoms with Gasteiger partial charge in [-0.25, -0.2) is 4.79 Å². The molecular weight excluding hydrogens is 424 g/mol. The van der Waals surface area contributed by atoms with Crippen LogP contribution in [0.4, 0.5) is 4.79 Å². The van der Waals surface area contributed by atoms with E-state index in [-0.39, 0.29) is 30.7 Å². The highest BCUT2D eigenvalue weighted by Gasteiger charge is 2.43. The first-order chi connectivity index (χ1) is 14.7. The minimum absolute atomic E-state index is 0.0225. The summed E-state index contributed by atoms with van der Waals surface area (Å²) in [6, 6.07) is 7.13. The van der Waals surface area contributed by atoms with E-state index in [0.29, 0.717) is 23.4 Å². The van der Waals surface area contributed by atoms with Gasteiger partial charge in [-0.3, -0.25) is 14.4 Å². The molecule has 2 N–H and O–H groups in total. The second-order valence-corrected chi connectivity index (χ2v) is 8.37. The van der Waals surface area contributed by atoms with Crippen molar-refractivity contribution in [3.05, 3.63) is 34.9 Å². The molecule has 170 valence electrons. The quantitative estimate of drug-likeness (QED) is 0.463. The lowest BCUT2D eigenvalue weighted by atomic mass is 9.68. The largest absolute Gasteiger partial charge is 0.423 e. The minimum atomic E-state index is -1.14. The smallest absolute Gasteiger partial charge is 0.410 e. The summed E-state index contributed by atoms with van der Waals surface area (Å²) in [6.45, 7) is 4.42. The predicted octanol–water partition coefficient (Wildman–Crippen LogP) is 3.11. The lowest BCUT2D eigenvalue weighted by molar-refractivity contribution is -0.174. The van der Waals surface area contributed by atoms with Gasteiger partial charge >= 0.3 is 12.1 Å².